The first kappa shape index (κ1) is 30.7. The average Bonchev–Trinajstić information content (AvgIpc) is 3.80. The Kier molecular flexibility index (Phi) is 7.74. The van der Waals surface area contributed by atoms with E-state index in [-0.39, 0.29) is 64.0 Å². The fourth-order valence-electron chi connectivity index (χ4n) is 8.11. The van der Waals surface area contributed by atoms with Gasteiger partial charge in [-0.15, -0.1) is 11.8 Å². The fraction of sp³-hybridized carbons (Fsp3) is 0.294. The van der Waals surface area contributed by atoms with Crippen LogP contribution in [0.3, 0.4) is 0 Å². The Morgan fingerprint density at radius 3 is 2.45 bits per heavy atom. The normalized spacial score (nSPS) is 27.0. The molecule has 2 aliphatic carbocycles. The van der Waals surface area contributed by atoms with Crippen LogP contribution >= 0.6 is 50.6 Å². The minimum absolute atomic E-state index is 0.0135. The van der Waals surface area contributed by atoms with Crippen LogP contribution in [0.25, 0.3) is 0 Å². The van der Waals surface area contributed by atoms with Gasteiger partial charge in [0.15, 0.2) is 18.1 Å². The lowest BCUT2D eigenvalue weighted by Crippen LogP contribution is -2.42. The van der Waals surface area contributed by atoms with Crippen LogP contribution in [-0.2, 0) is 14.4 Å². The van der Waals surface area contributed by atoms with Crippen LogP contribution in [0.1, 0.15) is 22.8 Å². The van der Waals surface area contributed by atoms with Crippen LogP contribution in [0.5, 0.6) is 11.5 Å². The summed E-state index contributed by atoms with van der Waals surface area (Å²) in [6.45, 7) is -0.232. The molecule has 4 aliphatic rings. The molecule has 2 bridgehead atoms. The third-order valence-electron chi connectivity index (χ3n) is 9.84. The topological polar surface area (TPSA) is 118 Å². The summed E-state index contributed by atoms with van der Waals surface area (Å²) < 4.78 is 12.5. The van der Waals surface area contributed by atoms with Crippen molar-refractivity contribution >= 4 is 79.7 Å². The molecule has 9 nitrogen and oxygen atoms in total. The molecular weight excluding hydrogens is 726 g/mol. The number of carbonyl (C=O) groups is 3. The van der Waals surface area contributed by atoms with Gasteiger partial charge in [-0.2, -0.15) is 0 Å². The lowest BCUT2D eigenvalue weighted by Gasteiger charge is -2.43. The summed E-state index contributed by atoms with van der Waals surface area (Å²) in [5.74, 6) is -0.670. The molecule has 0 radical (unpaired) electrons. The predicted octanol–water partition coefficient (Wildman–Crippen LogP) is 6.56. The number of ether oxygens (including phenoxy) is 2. The van der Waals surface area contributed by atoms with Crippen molar-refractivity contribution in [2.75, 3.05) is 23.9 Å². The van der Waals surface area contributed by atoms with E-state index in [2.05, 4.69) is 26.2 Å². The molecule has 6 unspecified atom stereocenters. The summed E-state index contributed by atoms with van der Waals surface area (Å²) in [4.78, 5) is 58.3. The lowest BCUT2D eigenvalue weighted by atomic mass is 9.68. The van der Waals surface area contributed by atoms with Crippen molar-refractivity contribution in [1.29, 1.82) is 0 Å². The number of halogens is 2. The molecule has 3 amide bonds. The van der Waals surface area contributed by atoms with Gasteiger partial charge in [0.05, 0.1) is 29.7 Å². The number of nitrogens with zero attached hydrogens (tertiary/aromatic N) is 1. The number of thiazole rings is 1. The van der Waals surface area contributed by atoms with Crippen LogP contribution in [0.4, 0.5) is 11.4 Å². The minimum Gasteiger partial charge on any atom is -0.493 e. The Balaban J connectivity index is 1.09. The molecule has 7 atom stereocenters. The van der Waals surface area contributed by atoms with Gasteiger partial charge in [-0.1, -0.05) is 44.9 Å². The van der Waals surface area contributed by atoms with Gasteiger partial charge >= 0.3 is 4.87 Å². The van der Waals surface area contributed by atoms with E-state index in [9.17, 15) is 19.2 Å². The number of nitrogens with one attached hydrogen (secondary N) is 2. The number of benzene rings is 3. The largest absolute Gasteiger partial charge is 0.493 e. The monoisotopic (exact) mass is 751 g/mol. The van der Waals surface area contributed by atoms with Gasteiger partial charge in [-0.25, -0.2) is 0 Å². The molecule has 2 N–H and O–H groups in total. The standard InChI is InChI=1S/C34H27BrClN3O6S2/c1-44-23-12-15(2-11-22(23)45-14-24(40)37-18-7-5-17(36)6-8-18)25-26-20-13-21(29(26)46-31-30(25)47-34(43)38-31)28-27(20)32(41)39(33(28)42)19-9-3-16(35)4-10-19/h2-12,20-21,25-29H,13-14H2,1H3,(H,37,40)(H,38,43)/t20?,21?,25-,26?,27?,28?,29?/m1/s1. The van der Waals surface area contributed by atoms with E-state index in [0.29, 0.717) is 27.9 Å². The van der Waals surface area contributed by atoms with Gasteiger partial charge in [0.25, 0.3) is 5.91 Å². The van der Waals surface area contributed by atoms with Crippen molar-refractivity contribution in [2.45, 2.75) is 22.6 Å². The zero-order valence-electron chi connectivity index (χ0n) is 24.8. The molecule has 3 fully saturated rings. The van der Waals surface area contributed by atoms with Crippen LogP contribution < -0.4 is 24.6 Å². The zero-order chi connectivity index (χ0) is 32.6. The van der Waals surface area contributed by atoms with E-state index < -0.39 is 5.92 Å². The van der Waals surface area contributed by atoms with E-state index in [1.165, 1.54) is 16.2 Å². The molecular formula is C34H27BrClN3O6S2. The minimum atomic E-state index is -0.402. The molecule has 8 rings (SSSR count). The third-order valence-corrected chi connectivity index (χ3v) is 13.2. The highest BCUT2D eigenvalue weighted by atomic mass is 79.9. The van der Waals surface area contributed by atoms with Crippen molar-refractivity contribution < 1.29 is 23.9 Å². The molecule has 1 saturated heterocycles. The number of rotatable bonds is 7. The number of amides is 3. The first-order valence-corrected chi connectivity index (χ1v) is 18.0. The Morgan fingerprint density at radius 2 is 1.72 bits per heavy atom. The van der Waals surface area contributed by atoms with Crippen molar-refractivity contribution in [3.63, 3.8) is 0 Å². The van der Waals surface area contributed by atoms with Crippen LogP contribution in [0.15, 0.2) is 81.0 Å². The van der Waals surface area contributed by atoms with E-state index in [4.69, 9.17) is 21.1 Å². The first-order chi connectivity index (χ1) is 22.7. The van der Waals surface area contributed by atoms with Crippen molar-refractivity contribution in [1.82, 2.24) is 4.98 Å². The highest BCUT2D eigenvalue weighted by molar-refractivity contribution is 9.10. The molecule has 13 heteroatoms. The van der Waals surface area contributed by atoms with E-state index in [1.54, 1.807) is 61.3 Å². The molecule has 4 aromatic rings. The summed E-state index contributed by atoms with van der Waals surface area (Å²) in [6, 6.07) is 19.7. The molecule has 240 valence electrons. The second-order valence-corrected chi connectivity index (χ2v) is 15.8. The number of aromatic amines is 1. The molecule has 47 heavy (non-hydrogen) atoms. The average molecular weight is 753 g/mol. The van der Waals surface area contributed by atoms with E-state index in [1.807, 2.05) is 24.3 Å². The Labute approximate surface area is 291 Å². The van der Waals surface area contributed by atoms with Gasteiger partial charge < -0.3 is 19.8 Å². The summed E-state index contributed by atoms with van der Waals surface area (Å²) in [7, 11) is 1.54. The summed E-state index contributed by atoms with van der Waals surface area (Å²) >= 11 is 12.2. The number of carbonyl (C=O) groups excluding carboxylic acids is 3. The number of aromatic nitrogens is 1. The third kappa shape index (κ3) is 5.11. The molecule has 3 aromatic carbocycles. The maximum absolute atomic E-state index is 14.0. The number of anilines is 2. The molecule has 1 aromatic heterocycles. The Morgan fingerprint density at radius 1 is 1.00 bits per heavy atom. The number of hydrogen-bond donors (Lipinski definition) is 2. The van der Waals surface area contributed by atoms with Crippen molar-refractivity contribution in [3.8, 4) is 11.5 Å². The second kappa shape index (κ2) is 11.8. The highest BCUT2D eigenvalue weighted by Crippen LogP contribution is 2.68. The number of thioether (sulfide) groups is 1. The number of imide groups is 1. The maximum atomic E-state index is 14.0. The Bertz CT molecular complexity index is 1980. The molecule has 2 saturated carbocycles. The first-order valence-electron chi connectivity index (χ1n) is 15.1. The van der Waals surface area contributed by atoms with Gasteiger partial charge in [0.1, 0.15) is 0 Å². The van der Waals surface area contributed by atoms with Crippen LogP contribution in [-0.4, -0.2) is 41.7 Å². The van der Waals surface area contributed by atoms with Crippen molar-refractivity contribution in [2.24, 2.45) is 29.6 Å². The second-order valence-electron chi connectivity index (χ2n) is 12.2. The molecule has 3 heterocycles. The SMILES string of the molecule is COc1cc([C@H]2c3sc(=O)[nH]c3SC3C4CC(C5C(=O)N(c6ccc(Br)cc6)C(=O)C45)C32)ccc1OCC(=O)Nc1ccc(Cl)cc1. The number of hydrogen-bond acceptors (Lipinski definition) is 8. The van der Waals surface area contributed by atoms with Gasteiger partial charge in [0.2, 0.25) is 11.8 Å². The summed E-state index contributed by atoms with van der Waals surface area (Å²) in [5, 5.41) is 4.24. The van der Waals surface area contributed by atoms with E-state index >= 15 is 0 Å². The molecule has 0 spiro atoms. The number of H-pyrrole nitrogens is 1. The smallest absolute Gasteiger partial charge is 0.305 e. The fourth-order valence-corrected chi connectivity index (χ4v) is 11.4. The highest BCUT2D eigenvalue weighted by Gasteiger charge is 2.69. The van der Waals surface area contributed by atoms with Crippen LogP contribution in [0, 0.1) is 29.6 Å². The van der Waals surface area contributed by atoms with Crippen LogP contribution in [0.2, 0.25) is 5.02 Å². The number of fused-ring (bicyclic) bond motifs is 9. The quantitative estimate of drug-likeness (QED) is 0.206. The van der Waals surface area contributed by atoms with Gasteiger partial charge in [-0.05, 0) is 90.4 Å². The zero-order valence-corrected chi connectivity index (χ0v) is 28.8. The Hall–Kier alpha value is -3.58. The summed E-state index contributed by atoms with van der Waals surface area (Å²) in [5.41, 5.74) is 2.12. The van der Waals surface area contributed by atoms with Crippen molar-refractivity contribution in [3.05, 3.63) is 96.3 Å². The maximum Gasteiger partial charge on any atom is 0.305 e. The van der Waals surface area contributed by atoms with E-state index in [0.717, 1.165) is 26.4 Å². The van der Waals surface area contributed by atoms with Gasteiger partial charge in [0, 0.05) is 31.2 Å². The molecule has 2 aliphatic heterocycles. The number of methoxy groups -OCH3 is 1. The van der Waals surface area contributed by atoms with Gasteiger partial charge in [-0.3, -0.25) is 24.1 Å². The lowest BCUT2D eigenvalue weighted by molar-refractivity contribution is -0.123. The summed E-state index contributed by atoms with van der Waals surface area (Å²) in [6.07, 6.45) is 0.792. The predicted molar refractivity (Wildman–Crippen MR) is 184 cm³/mol.